The van der Waals surface area contributed by atoms with Crippen molar-refractivity contribution in [1.82, 2.24) is 9.55 Å². The van der Waals surface area contributed by atoms with E-state index < -0.39 is 11.5 Å². The number of rotatable bonds is 5. The van der Waals surface area contributed by atoms with Crippen LogP contribution in [0.1, 0.15) is 37.1 Å². The molecule has 6 nitrogen and oxygen atoms in total. The van der Waals surface area contributed by atoms with Crippen LogP contribution >= 0.6 is 11.6 Å². The van der Waals surface area contributed by atoms with Gasteiger partial charge in [0.1, 0.15) is 5.82 Å². The van der Waals surface area contributed by atoms with E-state index in [-0.39, 0.29) is 5.91 Å². The lowest BCUT2D eigenvalue weighted by Crippen LogP contribution is -2.51. The van der Waals surface area contributed by atoms with Gasteiger partial charge in [0.05, 0.1) is 35.2 Å². The summed E-state index contributed by atoms with van der Waals surface area (Å²) in [7, 11) is 0. The van der Waals surface area contributed by atoms with Crippen LogP contribution in [0.25, 0.3) is 11.0 Å². The van der Waals surface area contributed by atoms with Crippen LogP contribution in [0.4, 0.5) is 5.69 Å². The lowest BCUT2D eigenvalue weighted by atomic mass is 9.63. The Labute approximate surface area is 179 Å². The third-order valence-corrected chi connectivity index (χ3v) is 6.53. The number of aliphatic hydroxyl groups excluding tert-OH is 1. The molecule has 0 saturated heterocycles. The van der Waals surface area contributed by atoms with Crippen molar-refractivity contribution in [3.05, 3.63) is 58.9 Å². The number of nitrogens with zero attached hydrogens (tertiary/aromatic N) is 4. The van der Waals surface area contributed by atoms with E-state index in [9.17, 15) is 9.90 Å². The van der Waals surface area contributed by atoms with Crippen molar-refractivity contribution < 1.29 is 9.90 Å². The molecule has 1 fully saturated rings. The van der Waals surface area contributed by atoms with Crippen LogP contribution in [0.2, 0.25) is 5.02 Å². The molecule has 30 heavy (non-hydrogen) atoms. The van der Waals surface area contributed by atoms with E-state index >= 15 is 0 Å². The minimum absolute atomic E-state index is 0.0302. The summed E-state index contributed by atoms with van der Waals surface area (Å²) >= 11 is 6.16. The number of hydrogen-bond donors (Lipinski definition) is 1. The van der Waals surface area contributed by atoms with Crippen LogP contribution in [0.15, 0.2) is 42.5 Å². The summed E-state index contributed by atoms with van der Waals surface area (Å²) < 4.78 is 2.08. The van der Waals surface area contributed by atoms with E-state index in [4.69, 9.17) is 21.8 Å². The van der Waals surface area contributed by atoms with Gasteiger partial charge in [0.25, 0.3) is 0 Å². The molecule has 2 heterocycles. The number of aliphatic hydroxyl groups is 1. The number of anilines is 1. The molecular weight excluding hydrogens is 400 g/mol. The Morgan fingerprint density at radius 3 is 2.83 bits per heavy atom. The third-order valence-electron chi connectivity index (χ3n) is 6.29. The van der Waals surface area contributed by atoms with Crippen LogP contribution in [0.3, 0.4) is 0 Å². The first-order chi connectivity index (χ1) is 14.5. The zero-order chi connectivity index (χ0) is 20.9. The molecule has 0 radical (unpaired) electrons. The maximum absolute atomic E-state index is 13.5. The molecule has 0 unspecified atom stereocenters. The van der Waals surface area contributed by atoms with Gasteiger partial charge >= 0.3 is 0 Å². The topological polar surface area (TPSA) is 82.1 Å². The van der Waals surface area contributed by atoms with Gasteiger partial charge in [-0.05, 0) is 49.1 Å². The number of fused-ring (bicyclic) bond motifs is 3. The predicted octanol–water partition coefficient (Wildman–Crippen LogP) is 3.93. The smallest absolute Gasteiger partial charge is 0.238 e. The first-order valence-electron chi connectivity index (χ1n) is 10.1. The number of nitriles is 1. The molecule has 152 valence electrons. The standard InChI is InChI=1S/C23H21ClN4O2/c24-15-7-8-20-18(11-15)26-21(27(20)10-4-3-9-25)14-28-19-6-2-1-5-17(19)23(22(28)30)12-16(29)13-23/h1-2,5-8,11,16,29H,3-4,10,12-14H2/t16-,23-. The summed E-state index contributed by atoms with van der Waals surface area (Å²) in [6.07, 6.45) is 1.66. The fourth-order valence-electron chi connectivity index (χ4n) is 4.87. The van der Waals surface area contributed by atoms with E-state index in [2.05, 4.69) is 10.6 Å². The van der Waals surface area contributed by atoms with E-state index in [1.807, 2.05) is 42.5 Å². The van der Waals surface area contributed by atoms with Crippen LogP contribution in [0, 0.1) is 11.3 Å². The van der Waals surface area contributed by atoms with Gasteiger partial charge < -0.3 is 14.6 Å². The molecule has 1 saturated carbocycles. The number of aromatic nitrogens is 2. The Balaban J connectivity index is 1.55. The van der Waals surface area contributed by atoms with Crippen LogP contribution in [-0.2, 0) is 23.3 Å². The number of halogens is 1. The van der Waals surface area contributed by atoms with Crippen LogP contribution in [0.5, 0.6) is 0 Å². The predicted molar refractivity (Wildman–Crippen MR) is 114 cm³/mol. The Morgan fingerprint density at radius 1 is 1.27 bits per heavy atom. The van der Waals surface area contributed by atoms with Crippen LogP contribution < -0.4 is 4.90 Å². The number of para-hydroxylation sites is 1. The molecule has 0 atom stereocenters. The molecule has 1 N–H and O–H groups in total. The number of hydrogen-bond acceptors (Lipinski definition) is 4. The zero-order valence-corrected chi connectivity index (χ0v) is 17.1. The first-order valence-corrected chi connectivity index (χ1v) is 10.5. The lowest BCUT2D eigenvalue weighted by molar-refractivity contribution is -0.131. The average Bonchev–Trinajstić information content (AvgIpc) is 3.16. The second-order valence-electron chi connectivity index (χ2n) is 8.13. The van der Waals surface area contributed by atoms with Crippen molar-refractivity contribution in [2.75, 3.05) is 4.90 Å². The van der Waals surface area contributed by atoms with Gasteiger partial charge in [-0.15, -0.1) is 0 Å². The molecule has 5 rings (SSSR count). The Bertz CT molecular complexity index is 1190. The molecule has 3 aromatic rings. The monoisotopic (exact) mass is 420 g/mol. The van der Waals surface area contributed by atoms with Crippen LogP contribution in [-0.4, -0.2) is 26.7 Å². The largest absolute Gasteiger partial charge is 0.393 e. The molecule has 1 aliphatic carbocycles. The molecular formula is C23H21ClN4O2. The molecule has 1 aromatic heterocycles. The molecule has 0 bridgehead atoms. The van der Waals surface area contributed by atoms with Crippen molar-refractivity contribution in [2.24, 2.45) is 0 Å². The summed E-state index contributed by atoms with van der Waals surface area (Å²) in [5, 5.41) is 19.5. The number of benzene rings is 2. The highest BCUT2D eigenvalue weighted by Crippen LogP contribution is 2.53. The molecule has 2 aromatic carbocycles. The number of amides is 1. The first kappa shape index (κ1) is 19.1. The quantitative estimate of drug-likeness (QED) is 0.634. The van der Waals surface area contributed by atoms with Crippen molar-refractivity contribution >= 4 is 34.2 Å². The average molecular weight is 421 g/mol. The minimum atomic E-state index is -0.614. The van der Waals surface area contributed by atoms with E-state index in [0.29, 0.717) is 43.8 Å². The molecule has 1 aliphatic heterocycles. The SMILES string of the molecule is N#CCCCn1c(CN2c3ccccc3[C@]3(C[C@@H](O)C3)C2=O)nc2cc(Cl)ccc21. The Kier molecular flexibility index (Phi) is 4.53. The zero-order valence-electron chi connectivity index (χ0n) is 16.4. The molecule has 1 spiro atoms. The van der Waals surface area contributed by atoms with Crippen molar-refractivity contribution in [3.63, 3.8) is 0 Å². The van der Waals surface area contributed by atoms with E-state index in [1.54, 1.807) is 4.90 Å². The van der Waals surface area contributed by atoms with Gasteiger partial charge in [-0.1, -0.05) is 29.8 Å². The highest BCUT2D eigenvalue weighted by atomic mass is 35.5. The summed E-state index contributed by atoms with van der Waals surface area (Å²) in [4.78, 5) is 20.0. The fraction of sp³-hybridized carbons (Fsp3) is 0.348. The third kappa shape index (κ3) is 2.81. The van der Waals surface area contributed by atoms with Gasteiger partial charge in [0.15, 0.2) is 0 Å². The second kappa shape index (κ2) is 7.12. The number of carbonyl (C=O) groups is 1. The number of imidazole rings is 1. The number of aryl methyl sites for hydroxylation is 1. The summed E-state index contributed by atoms with van der Waals surface area (Å²) in [6.45, 7) is 0.987. The second-order valence-corrected chi connectivity index (χ2v) is 8.56. The van der Waals surface area contributed by atoms with Crippen molar-refractivity contribution in [3.8, 4) is 6.07 Å². The van der Waals surface area contributed by atoms with E-state index in [0.717, 1.165) is 28.1 Å². The Morgan fingerprint density at radius 2 is 2.07 bits per heavy atom. The van der Waals surface area contributed by atoms with Gasteiger partial charge in [0.2, 0.25) is 5.91 Å². The maximum Gasteiger partial charge on any atom is 0.238 e. The fourth-order valence-corrected chi connectivity index (χ4v) is 5.04. The lowest BCUT2D eigenvalue weighted by Gasteiger charge is -2.41. The number of carbonyl (C=O) groups excluding carboxylic acids is 1. The summed E-state index contributed by atoms with van der Waals surface area (Å²) in [5.41, 5.74) is 3.00. The van der Waals surface area contributed by atoms with Gasteiger partial charge in [0, 0.05) is 23.7 Å². The minimum Gasteiger partial charge on any atom is -0.393 e. The summed E-state index contributed by atoms with van der Waals surface area (Å²) in [6, 6.07) is 15.6. The van der Waals surface area contributed by atoms with Gasteiger partial charge in [-0.2, -0.15) is 5.26 Å². The highest BCUT2D eigenvalue weighted by Gasteiger charge is 2.58. The molecule has 1 amide bonds. The number of unbranched alkanes of at least 4 members (excludes halogenated alkanes) is 1. The van der Waals surface area contributed by atoms with Gasteiger partial charge in [-0.3, -0.25) is 4.79 Å². The normalized spacial score (nSPS) is 22.4. The summed E-state index contributed by atoms with van der Waals surface area (Å²) in [5.74, 6) is 0.799. The van der Waals surface area contributed by atoms with Gasteiger partial charge in [-0.25, -0.2) is 4.98 Å². The van der Waals surface area contributed by atoms with E-state index in [1.165, 1.54) is 0 Å². The van der Waals surface area contributed by atoms with Crippen molar-refractivity contribution in [2.45, 2.75) is 50.3 Å². The molecule has 2 aliphatic rings. The molecule has 7 heteroatoms. The van der Waals surface area contributed by atoms with Crippen molar-refractivity contribution in [1.29, 1.82) is 5.26 Å². The Hall–Kier alpha value is -2.88. The highest BCUT2D eigenvalue weighted by molar-refractivity contribution is 6.31. The maximum atomic E-state index is 13.5.